The summed E-state index contributed by atoms with van der Waals surface area (Å²) in [5, 5.41) is 3.13. The van der Waals surface area contributed by atoms with Crippen LogP contribution in [0.1, 0.15) is 42.7 Å². The van der Waals surface area contributed by atoms with Crippen LogP contribution in [-0.2, 0) is 21.5 Å². The Labute approximate surface area is 271 Å². The lowest BCUT2D eigenvalue weighted by atomic mass is 9.77. The molecule has 242 valence electrons. The highest BCUT2D eigenvalue weighted by Gasteiger charge is 2.38. The maximum absolute atomic E-state index is 13.1. The largest absolute Gasteiger partial charge is 0.383 e. The van der Waals surface area contributed by atoms with Gasteiger partial charge < -0.3 is 14.6 Å². The van der Waals surface area contributed by atoms with Crippen LogP contribution in [-0.4, -0.2) is 66.2 Å². The van der Waals surface area contributed by atoms with Gasteiger partial charge in [0.15, 0.2) is 0 Å². The molecule has 1 N–H and O–H groups in total. The molecule has 0 bridgehead atoms. The van der Waals surface area contributed by atoms with E-state index in [1.54, 1.807) is 20.1 Å². The normalized spacial score (nSPS) is 13.1. The van der Waals surface area contributed by atoms with Gasteiger partial charge in [-0.25, -0.2) is 13.8 Å². The zero-order chi connectivity index (χ0) is 32.8. The lowest BCUT2D eigenvalue weighted by molar-refractivity contribution is -0.123. The Hall–Kier alpha value is -4.40. The van der Waals surface area contributed by atoms with Crippen LogP contribution >= 0.6 is 0 Å². The second-order valence-electron chi connectivity index (χ2n) is 11.2. The van der Waals surface area contributed by atoms with E-state index in [1.165, 1.54) is 12.2 Å². The number of carbonyl (C=O) groups excluding carboxylic acids is 1. The van der Waals surface area contributed by atoms with Gasteiger partial charge in [0.2, 0.25) is 5.91 Å². The van der Waals surface area contributed by atoms with Gasteiger partial charge in [-0.3, -0.25) is 9.69 Å². The number of ether oxygens (including phenoxy) is 1. The number of nitrogens with one attached hydrogen (secondary N) is 1. The summed E-state index contributed by atoms with van der Waals surface area (Å²) in [6.45, 7) is 5.35. The van der Waals surface area contributed by atoms with Crippen molar-refractivity contribution in [2.75, 3.05) is 33.4 Å². The lowest BCUT2D eigenvalue weighted by Gasteiger charge is -2.37. The third kappa shape index (κ3) is 8.65. The fraction of sp³-hybridized carbons (Fsp3) is 0.316. The molecule has 8 heteroatoms. The van der Waals surface area contributed by atoms with E-state index in [9.17, 15) is 13.6 Å². The first kappa shape index (κ1) is 34.5. The van der Waals surface area contributed by atoms with E-state index < -0.39 is 12.0 Å². The Bertz CT molecular complexity index is 1440. The molecule has 6 nitrogen and oxygen atoms in total. The molecule has 46 heavy (non-hydrogen) atoms. The van der Waals surface area contributed by atoms with Gasteiger partial charge in [-0.05, 0) is 36.6 Å². The van der Waals surface area contributed by atoms with Gasteiger partial charge in [0, 0.05) is 31.8 Å². The molecule has 4 aromatic rings. The third-order valence-electron chi connectivity index (χ3n) is 8.11. The molecular weight excluding hydrogens is 582 g/mol. The van der Waals surface area contributed by atoms with E-state index >= 15 is 0 Å². The minimum absolute atomic E-state index is 0.000752. The average Bonchev–Trinajstić information content (AvgIpc) is 3.54. The van der Waals surface area contributed by atoms with Crippen LogP contribution in [0.4, 0.5) is 8.78 Å². The number of imidazole rings is 1. The number of likely N-dealkylation sites (N-methyl/N-ethyl adjacent to an activating group) is 1. The van der Waals surface area contributed by atoms with Crippen molar-refractivity contribution in [1.82, 2.24) is 19.8 Å². The first-order chi connectivity index (χ1) is 22.4. The summed E-state index contributed by atoms with van der Waals surface area (Å²) in [5.74, 6) is -0.124. The van der Waals surface area contributed by atoms with Crippen molar-refractivity contribution in [3.8, 4) is 0 Å². The van der Waals surface area contributed by atoms with Crippen molar-refractivity contribution < 1.29 is 18.3 Å². The van der Waals surface area contributed by atoms with Crippen molar-refractivity contribution in [2.45, 2.75) is 44.7 Å². The van der Waals surface area contributed by atoms with Crippen LogP contribution in [0.2, 0.25) is 0 Å². The number of allylic oxidation sites excluding steroid dienone is 3. The number of carbonyl (C=O) groups is 1. The van der Waals surface area contributed by atoms with Crippen molar-refractivity contribution in [3.05, 3.63) is 150 Å². The standard InChI is InChI=1S/C38H44F2N4O2/c1-4-30(37(39)40)17-15-16-24-43(5-2)27-36(45)42-35(28-46-3)25-34-26-44(29-41-34)38(31-18-9-6-10-19-31,32-20-11-7-12-21-32)33-22-13-8-14-23-33/h4,6-15,17-23,26,29,35,37H,5,16,24-25,27-28H2,1-3H3,(H,42,45)/b17-15-,30-4+. The number of rotatable bonds is 17. The summed E-state index contributed by atoms with van der Waals surface area (Å²) in [7, 11) is 1.62. The number of hydrogen-bond acceptors (Lipinski definition) is 4. The Morgan fingerprint density at radius 2 is 1.54 bits per heavy atom. The average molecular weight is 627 g/mol. The lowest BCUT2D eigenvalue weighted by Crippen LogP contribution is -2.45. The summed E-state index contributed by atoms with van der Waals surface area (Å²) in [4.78, 5) is 19.9. The number of nitrogens with zero attached hydrogens (tertiary/aromatic N) is 3. The highest BCUT2D eigenvalue weighted by atomic mass is 19.3. The van der Waals surface area contributed by atoms with Gasteiger partial charge in [-0.2, -0.15) is 0 Å². The predicted octanol–water partition coefficient (Wildman–Crippen LogP) is 6.88. The van der Waals surface area contributed by atoms with Gasteiger partial charge in [-0.1, -0.05) is 116 Å². The van der Waals surface area contributed by atoms with Gasteiger partial charge in [0.05, 0.1) is 31.2 Å². The second kappa shape index (κ2) is 17.3. The molecule has 3 aromatic carbocycles. The van der Waals surface area contributed by atoms with Crippen molar-refractivity contribution in [3.63, 3.8) is 0 Å². The van der Waals surface area contributed by atoms with Crippen molar-refractivity contribution >= 4 is 5.91 Å². The zero-order valence-electron chi connectivity index (χ0n) is 26.9. The molecule has 4 rings (SSSR count). The molecule has 1 unspecified atom stereocenters. The maximum Gasteiger partial charge on any atom is 0.263 e. The van der Waals surface area contributed by atoms with Gasteiger partial charge >= 0.3 is 0 Å². The molecule has 0 aliphatic carbocycles. The molecular formula is C38H44F2N4O2. The Morgan fingerprint density at radius 1 is 0.978 bits per heavy atom. The fourth-order valence-electron chi connectivity index (χ4n) is 5.84. The van der Waals surface area contributed by atoms with Crippen LogP contribution in [0.5, 0.6) is 0 Å². The smallest absolute Gasteiger partial charge is 0.263 e. The van der Waals surface area contributed by atoms with Crippen LogP contribution in [0.15, 0.2) is 127 Å². The number of alkyl halides is 2. The molecule has 0 fully saturated rings. The van der Waals surface area contributed by atoms with Gasteiger partial charge in [-0.15, -0.1) is 0 Å². The topological polar surface area (TPSA) is 59.4 Å². The van der Waals surface area contributed by atoms with E-state index in [0.29, 0.717) is 32.5 Å². The van der Waals surface area contributed by atoms with E-state index in [2.05, 4.69) is 88.9 Å². The van der Waals surface area contributed by atoms with E-state index in [-0.39, 0.29) is 24.1 Å². The minimum Gasteiger partial charge on any atom is -0.383 e. The van der Waals surface area contributed by atoms with Gasteiger partial charge in [0.25, 0.3) is 6.43 Å². The Morgan fingerprint density at radius 3 is 2.02 bits per heavy atom. The molecule has 0 saturated heterocycles. The van der Waals surface area contributed by atoms with Crippen LogP contribution < -0.4 is 5.32 Å². The maximum atomic E-state index is 13.1. The highest BCUT2D eigenvalue weighted by Crippen LogP contribution is 2.40. The number of halogens is 2. The number of amides is 1. The summed E-state index contributed by atoms with van der Waals surface area (Å²) in [6.07, 6.45) is 7.08. The predicted molar refractivity (Wildman–Crippen MR) is 180 cm³/mol. The third-order valence-corrected chi connectivity index (χ3v) is 8.11. The van der Waals surface area contributed by atoms with Crippen LogP contribution in [0.3, 0.4) is 0 Å². The molecule has 0 saturated carbocycles. The number of methoxy groups -OCH3 is 1. The van der Waals surface area contributed by atoms with E-state index in [4.69, 9.17) is 9.72 Å². The zero-order valence-corrected chi connectivity index (χ0v) is 26.9. The highest BCUT2D eigenvalue weighted by molar-refractivity contribution is 5.78. The van der Waals surface area contributed by atoms with Gasteiger partial charge in [0.1, 0.15) is 5.54 Å². The van der Waals surface area contributed by atoms with Crippen molar-refractivity contribution in [1.29, 1.82) is 0 Å². The summed E-state index contributed by atoms with van der Waals surface area (Å²) >= 11 is 0. The fourth-order valence-corrected chi connectivity index (χ4v) is 5.84. The number of aromatic nitrogens is 2. The number of benzene rings is 3. The number of hydrogen-bond donors (Lipinski definition) is 1. The second-order valence-corrected chi connectivity index (χ2v) is 11.2. The Balaban J connectivity index is 1.53. The molecule has 0 aliphatic heterocycles. The monoisotopic (exact) mass is 626 g/mol. The quantitative estimate of drug-likeness (QED) is 0.103. The van der Waals surface area contributed by atoms with Crippen LogP contribution in [0.25, 0.3) is 0 Å². The summed E-state index contributed by atoms with van der Waals surface area (Å²) in [5.41, 5.74) is 3.45. The first-order valence-corrected chi connectivity index (χ1v) is 15.7. The minimum atomic E-state index is -2.50. The summed E-state index contributed by atoms with van der Waals surface area (Å²) < 4.78 is 33.6. The molecule has 1 heterocycles. The summed E-state index contributed by atoms with van der Waals surface area (Å²) in [6, 6.07) is 30.9. The molecule has 0 radical (unpaired) electrons. The van der Waals surface area contributed by atoms with Crippen molar-refractivity contribution in [2.24, 2.45) is 0 Å². The molecule has 0 spiro atoms. The molecule has 1 aromatic heterocycles. The molecule has 0 aliphatic rings. The van der Waals surface area contributed by atoms with Crippen LogP contribution in [0, 0.1) is 0 Å². The SMILES string of the molecule is C/C=C(\C=C/CCN(CC)CC(=O)NC(COC)Cc1cn(C(c2ccccc2)(c2ccccc2)c2ccccc2)cn1)C(F)F. The molecule has 1 amide bonds. The molecule has 1 atom stereocenters. The van der Waals surface area contributed by atoms with E-state index in [0.717, 1.165) is 22.4 Å². The van der Waals surface area contributed by atoms with E-state index in [1.807, 2.05) is 36.4 Å². The Kier molecular flexibility index (Phi) is 13.0. The first-order valence-electron chi connectivity index (χ1n) is 15.7.